The Morgan fingerprint density at radius 1 is 1.17 bits per heavy atom. The number of carboxylic acid groups (broad SMARTS) is 1. The molecule has 0 aliphatic heterocycles. The van der Waals surface area contributed by atoms with E-state index in [1.807, 2.05) is 12.1 Å². The molecule has 0 saturated heterocycles. The number of nitriles is 1. The molecule has 1 N–H and O–H groups in total. The van der Waals surface area contributed by atoms with E-state index in [-0.39, 0.29) is 17.7 Å². The third-order valence-electron chi connectivity index (χ3n) is 3.26. The molecular weight excluding hydrogens is 306 g/mol. The Kier molecular flexibility index (Phi) is 5.48. The molecule has 0 aromatic heterocycles. The van der Waals surface area contributed by atoms with Gasteiger partial charge in [0.25, 0.3) is 0 Å². The second-order valence-electron chi connectivity index (χ2n) is 4.90. The molecule has 0 unspecified atom stereocenters. The molecule has 0 fully saturated rings. The summed E-state index contributed by atoms with van der Waals surface area (Å²) in [6.07, 6.45) is 1.45. The molecule has 24 heavy (non-hydrogen) atoms. The van der Waals surface area contributed by atoms with Gasteiger partial charge in [-0.25, -0.2) is 9.59 Å². The lowest BCUT2D eigenvalue weighted by Crippen LogP contribution is -2.05. The fourth-order valence-corrected chi connectivity index (χ4v) is 2.15. The first-order valence-electron chi connectivity index (χ1n) is 7.28. The average molecular weight is 321 g/mol. The molecule has 5 heteroatoms. The lowest BCUT2D eigenvalue weighted by molar-refractivity contribution is -0.137. The molecule has 2 rings (SSSR count). The summed E-state index contributed by atoms with van der Waals surface area (Å²) in [5.41, 5.74) is 2.27. The quantitative estimate of drug-likeness (QED) is 0.517. The van der Waals surface area contributed by atoms with Gasteiger partial charge < -0.3 is 9.84 Å². The molecule has 0 saturated carbocycles. The minimum absolute atomic E-state index is 0.0895. The van der Waals surface area contributed by atoms with Gasteiger partial charge in [0.1, 0.15) is 11.6 Å². The van der Waals surface area contributed by atoms with Crippen LogP contribution >= 0.6 is 0 Å². The van der Waals surface area contributed by atoms with Gasteiger partial charge in [-0.05, 0) is 47.9 Å². The normalized spacial score (nSPS) is 10.8. The molecule has 5 nitrogen and oxygen atoms in total. The number of carbonyl (C=O) groups excluding carboxylic acids is 1. The number of aromatic carboxylic acids is 1. The number of esters is 1. The summed E-state index contributed by atoms with van der Waals surface area (Å²) in [6.45, 7) is 1.86. The van der Waals surface area contributed by atoms with Crippen LogP contribution in [0.15, 0.2) is 54.1 Å². The Labute approximate surface area is 139 Å². The van der Waals surface area contributed by atoms with Crippen molar-refractivity contribution in [2.24, 2.45) is 0 Å². The van der Waals surface area contributed by atoms with Gasteiger partial charge in [-0.15, -0.1) is 0 Å². The molecule has 0 heterocycles. The minimum Gasteiger partial charge on any atom is -0.478 e. The van der Waals surface area contributed by atoms with Crippen molar-refractivity contribution < 1.29 is 19.4 Å². The monoisotopic (exact) mass is 321 g/mol. The zero-order valence-electron chi connectivity index (χ0n) is 13.0. The van der Waals surface area contributed by atoms with Gasteiger partial charge >= 0.3 is 11.9 Å². The topological polar surface area (TPSA) is 87.4 Å². The fourth-order valence-electron chi connectivity index (χ4n) is 2.15. The van der Waals surface area contributed by atoms with Crippen molar-refractivity contribution in [3.63, 3.8) is 0 Å². The maximum atomic E-state index is 11.7. The summed E-state index contributed by atoms with van der Waals surface area (Å²) in [6, 6.07) is 15.5. The highest BCUT2D eigenvalue weighted by Crippen LogP contribution is 2.23. The molecule has 2 aromatic rings. The van der Waals surface area contributed by atoms with Crippen LogP contribution in [0.4, 0.5) is 0 Å². The van der Waals surface area contributed by atoms with Crippen LogP contribution in [-0.2, 0) is 9.53 Å². The maximum absolute atomic E-state index is 11.7. The number of carbonyl (C=O) groups is 2. The van der Waals surface area contributed by atoms with Crippen molar-refractivity contribution in [1.82, 2.24) is 0 Å². The first-order valence-corrected chi connectivity index (χ1v) is 7.28. The SMILES string of the molecule is CCOC(=O)/C(C#N)=C/c1cccc(-c2cccc(C(=O)O)c2)c1. The third-order valence-corrected chi connectivity index (χ3v) is 3.26. The van der Waals surface area contributed by atoms with Gasteiger partial charge in [0.2, 0.25) is 0 Å². The number of benzene rings is 2. The summed E-state index contributed by atoms with van der Waals surface area (Å²) in [5, 5.41) is 18.2. The Balaban J connectivity index is 2.39. The number of nitrogens with zero attached hydrogens (tertiary/aromatic N) is 1. The zero-order valence-corrected chi connectivity index (χ0v) is 13.0. The molecule has 0 amide bonds. The van der Waals surface area contributed by atoms with E-state index >= 15 is 0 Å². The molecule has 0 bridgehead atoms. The number of carboxylic acids is 1. The van der Waals surface area contributed by atoms with Crippen LogP contribution in [0.3, 0.4) is 0 Å². The number of rotatable bonds is 5. The Bertz CT molecular complexity index is 846. The maximum Gasteiger partial charge on any atom is 0.348 e. The van der Waals surface area contributed by atoms with Crippen molar-refractivity contribution in [2.45, 2.75) is 6.92 Å². The van der Waals surface area contributed by atoms with Crippen LogP contribution in [-0.4, -0.2) is 23.7 Å². The highest BCUT2D eigenvalue weighted by atomic mass is 16.5. The predicted molar refractivity (Wildman–Crippen MR) is 89.1 cm³/mol. The lowest BCUT2D eigenvalue weighted by Gasteiger charge is -2.05. The Morgan fingerprint density at radius 2 is 1.83 bits per heavy atom. The van der Waals surface area contributed by atoms with E-state index < -0.39 is 11.9 Å². The van der Waals surface area contributed by atoms with Gasteiger partial charge in [-0.2, -0.15) is 5.26 Å². The number of hydrogen-bond acceptors (Lipinski definition) is 4. The van der Waals surface area contributed by atoms with Crippen molar-refractivity contribution in [3.8, 4) is 17.2 Å². The van der Waals surface area contributed by atoms with E-state index in [1.165, 1.54) is 12.1 Å². The molecule has 0 aliphatic rings. The van der Waals surface area contributed by atoms with E-state index in [0.717, 1.165) is 11.1 Å². The summed E-state index contributed by atoms with van der Waals surface area (Å²) in [4.78, 5) is 22.8. The smallest absolute Gasteiger partial charge is 0.348 e. The van der Waals surface area contributed by atoms with E-state index in [9.17, 15) is 9.59 Å². The molecule has 0 aliphatic carbocycles. The summed E-state index contributed by atoms with van der Waals surface area (Å²) in [7, 11) is 0. The van der Waals surface area contributed by atoms with Crippen LogP contribution in [0.5, 0.6) is 0 Å². The van der Waals surface area contributed by atoms with E-state index in [1.54, 1.807) is 43.3 Å². The molecule has 0 atom stereocenters. The van der Waals surface area contributed by atoms with Crippen LogP contribution in [0, 0.1) is 11.3 Å². The summed E-state index contributed by atoms with van der Waals surface area (Å²) in [5.74, 6) is -1.67. The number of ether oxygens (including phenoxy) is 1. The average Bonchev–Trinajstić information content (AvgIpc) is 2.60. The Hall–Kier alpha value is -3.39. The van der Waals surface area contributed by atoms with Gasteiger partial charge in [0.05, 0.1) is 12.2 Å². The van der Waals surface area contributed by atoms with Gasteiger partial charge in [0, 0.05) is 0 Å². The predicted octanol–water partition coefficient (Wildman–Crippen LogP) is 3.52. The lowest BCUT2D eigenvalue weighted by atomic mass is 10.0. The molecule has 120 valence electrons. The van der Waals surface area contributed by atoms with E-state index in [2.05, 4.69) is 0 Å². The van der Waals surface area contributed by atoms with Gasteiger partial charge in [0.15, 0.2) is 0 Å². The minimum atomic E-state index is -0.998. The second-order valence-corrected chi connectivity index (χ2v) is 4.90. The first kappa shape index (κ1) is 17.0. The van der Waals surface area contributed by atoms with E-state index in [4.69, 9.17) is 15.1 Å². The third kappa shape index (κ3) is 4.08. The van der Waals surface area contributed by atoms with Crippen molar-refractivity contribution in [1.29, 1.82) is 5.26 Å². The van der Waals surface area contributed by atoms with Crippen molar-refractivity contribution in [2.75, 3.05) is 6.61 Å². The highest BCUT2D eigenvalue weighted by Gasteiger charge is 2.10. The van der Waals surface area contributed by atoms with Crippen molar-refractivity contribution >= 4 is 18.0 Å². The Morgan fingerprint density at radius 3 is 2.46 bits per heavy atom. The molecule has 0 spiro atoms. The standard InChI is InChI=1S/C19H15NO4/c1-2-24-19(23)17(12-20)10-13-5-3-6-14(9-13)15-7-4-8-16(11-15)18(21)22/h3-11H,2H2,1H3,(H,21,22)/b17-10+. The van der Waals surface area contributed by atoms with Gasteiger partial charge in [-0.3, -0.25) is 0 Å². The second kappa shape index (κ2) is 7.75. The van der Waals surface area contributed by atoms with Crippen LogP contribution < -0.4 is 0 Å². The highest BCUT2D eigenvalue weighted by molar-refractivity contribution is 5.98. The van der Waals surface area contributed by atoms with Crippen LogP contribution in [0.2, 0.25) is 0 Å². The van der Waals surface area contributed by atoms with Crippen molar-refractivity contribution in [3.05, 3.63) is 65.2 Å². The number of hydrogen-bond donors (Lipinski definition) is 1. The largest absolute Gasteiger partial charge is 0.478 e. The molecule has 2 aromatic carbocycles. The van der Waals surface area contributed by atoms with Crippen LogP contribution in [0.1, 0.15) is 22.8 Å². The molecule has 0 radical (unpaired) electrons. The zero-order chi connectivity index (χ0) is 17.5. The van der Waals surface area contributed by atoms with Crippen LogP contribution in [0.25, 0.3) is 17.2 Å². The first-order chi connectivity index (χ1) is 11.5. The van der Waals surface area contributed by atoms with E-state index in [0.29, 0.717) is 5.56 Å². The molecular formula is C19H15NO4. The summed E-state index contributed by atoms with van der Waals surface area (Å²) >= 11 is 0. The summed E-state index contributed by atoms with van der Waals surface area (Å²) < 4.78 is 4.83. The van der Waals surface area contributed by atoms with Gasteiger partial charge in [-0.1, -0.05) is 30.3 Å². The fraction of sp³-hybridized carbons (Fsp3) is 0.105.